The molecule has 4 nitrogen and oxygen atoms in total. The van der Waals surface area contributed by atoms with Crippen LogP contribution in [0, 0.1) is 11.8 Å². The Morgan fingerprint density at radius 3 is 2.59 bits per heavy atom. The van der Waals surface area contributed by atoms with Crippen LogP contribution >= 0.6 is 11.8 Å². The summed E-state index contributed by atoms with van der Waals surface area (Å²) in [7, 11) is 0. The molecule has 1 aromatic carbocycles. The quantitative estimate of drug-likeness (QED) is 0.444. The van der Waals surface area contributed by atoms with E-state index in [1.54, 1.807) is 6.92 Å². The van der Waals surface area contributed by atoms with Crippen molar-refractivity contribution in [2.75, 3.05) is 12.4 Å². The molecular weight excluding hydrogens is 238 g/mol. The Balaban J connectivity index is 2.50. The zero-order valence-electron chi connectivity index (χ0n) is 9.88. The lowest BCUT2D eigenvalue weighted by molar-refractivity contribution is -0.144. The Morgan fingerprint density at radius 1 is 1.41 bits per heavy atom. The molecule has 0 aliphatic heterocycles. The standard InChI is InChI=1S/C12H15NO3S/c1-3-16-12(14)11(13-15)8-17-10-6-4-9(2)5-7-10/h4-7,11H,3,8H2,1-2H3. The number of nitrogens with zero attached hydrogens (tertiary/aromatic N) is 1. The fourth-order valence-electron chi connectivity index (χ4n) is 1.19. The van der Waals surface area contributed by atoms with Crippen LogP contribution in [-0.4, -0.2) is 24.4 Å². The van der Waals surface area contributed by atoms with Crippen LogP contribution < -0.4 is 0 Å². The van der Waals surface area contributed by atoms with Crippen LogP contribution in [0.3, 0.4) is 0 Å². The molecule has 1 unspecified atom stereocenters. The van der Waals surface area contributed by atoms with Crippen LogP contribution in [0.4, 0.5) is 0 Å². The van der Waals surface area contributed by atoms with Crippen molar-refractivity contribution in [2.45, 2.75) is 24.8 Å². The third-order valence-electron chi connectivity index (χ3n) is 2.11. The maximum atomic E-state index is 11.3. The van der Waals surface area contributed by atoms with Gasteiger partial charge in [-0.15, -0.1) is 16.7 Å². The van der Waals surface area contributed by atoms with Crippen molar-refractivity contribution >= 4 is 17.7 Å². The fourth-order valence-corrected chi connectivity index (χ4v) is 2.07. The third kappa shape index (κ3) is 4.56. The van der Waals surface area contributed by atoms with Gasteiger partial charge in [-0.1, -0.05) is 22.9 Å². The lowest BCUT2D eigenvalue weighted by Crippen LogP contribution is -2.23. The van der Waals surface area contributed by atoms with E-state index in [1.165, 1.54) is 17.3 Å². The molecule has 17 heavy (non-hydrogen) atoms. The average molecular weight is 253 g/mol. The van der Waals surface area contributed by atoms with Gasteiger partial charge in [-0.3, -0.25) is 0 Å². The summed E-state index contributed by atoms with van der Waals surface area (Å²) in [5.41, 5.74) is 1.17. The smallest absolute Gasteiger partial charge is 0.335 e. The van der Waals surface area contributed by atoms with Crippen LogP contribution in [0.5, 0.6) is 0 Å². The number of hydrogen-bond donors (Lipinski definition) is 0. The van der Waals surface area contributed by atoms with Crippen LogP contribution in [0.1, 0.15) is 12.5 Å². The third-order valence-corrected chi connectivity index (χ3v) is 3.20. The number of nitroso groups, excluding NO2 is 1. The van der Waals surface area contributed by atoms with E-state index in [0.717, 1.165) is 4.90 Å². The van der Waals surface area contributed by atoms with E-state index >= 15 is 0 Å². The molecule has 1 atom stereocenters. The maximum absolute atomic E-state index is 11.3. The zero-order valence-corrected chi connectivity index (χ0v) is 10.7. The number of rotatable bonds is 6. The summed E-state index contributed by atoms with van der Waals surface area (Å²) in [5.74, 6) is -0.243. The molecule has 5 heteroatoms. The first-order valence-electron chi connectivity index (χ1n) is 5.36. The summed E-state index contributed by atoms with van der Waals surface area (Å²) in [5, 5.41) is 2.79. The molecule has 0 amide bonds. The molecule has 0 heterocycles. The van der Waals surface area contributed by atoms with Crippen LogP contribution in [-0.2, 0) is 9.53 Å². The summed E-state index contributed by atoms with van der Waals surface area (Å²) in [4.78, 5) is 22.9. The number of carbonyl (C=O) groups is 1. The van der Waals surface area contributed by atoms with E-state index in [2.05, 4.69) is 5.18 Å². The van der Waals surface area contributed by atoms with Crippen LogP contribution in [0.2, 0.25) is 0 Å². The normalized spacial score (nSPS) is 11.9. The minimum absolute atomic E-state index is 0.264. The molecule has 0 aromatic heterocycles. The van der Waals surface area contributed by atoms with Gasteiger partial charge in [0.1, 0.15) is 0 Å². The molecule has 0 aliphatic rings. The number of esters is 1. The molecular formula is C12H15NO3S. The number of benzene rings is 1. The largest absolute Gasteiger partial charge is 0.464 e. The Labute approximate surface area is 105 Å². The molecule has 0 saturated carbocycles. The van der Waals surface area contributed by atoms with Crippen LogP contribution in [0.15, 0.2) is 34.3 Å². The molecule has 0 bridgehead atoms. The van der Waals surface area contributed by atoms with Gasteiger partial charge in [-0.05, 0) is 26.0 Å². The van der Waals surface area contributed by atoms with E-state index in [1.807, 2.05) is 31.2 Å². The highest BCUT2D eigenvalue weighted by Crippen LogP contribution is 2.20. The summed E-state index contributed by atoms with van der Waals surface area (Å²) in [6.45, 7) is 3.97. The second-order valence-corrected chi connectivity index (χ2v) is 4.59. The number of aryl methyl sites for hydroxylation is 1. The molecule has 0 aliphatic carbocycles. The minimum Gasteiger partial charge on any atom is -0.464 e. The van der Waals surface area contributed by atoms with E-state index in [-0.39, 0.29) is 6.61 Å². The molecule has 0 N–H and O–H groups in total. The van der Waals surface area contributed by atoms with Crippen molar-refractivity contribution in [3.05, 3.63) is 34.7 Å². The number of ether oxygens (including phenoxy) is 1. The van der Waals surface area contributed by atoms with E-state index in [9.17, 15) is 9.70 Å². The van der Waals surface area contributed by atoms with E-state index in [4.69, 9.17) is 4.74 Å². The lowest BCUT2D eigenvalue weighted by atomic mass is 10.2. The first-order valence-corrected chi connectivity index (χ1v) is 6.34. The number of hydrogen-bond acceptors (Lipinski definition) is 5. The molecule has 0 radical (unpaired) electrons. The highest BCUT2D eigenvalue weighted by molar-refractivity contribution is 7.99. The number of carbonyl (C=O) groups excluding carboxylic acids is 1. The Kier molecular flexibility index (Phi) is 5.69. The highest BCUT2D eigenvalue weighted by atomic mass is 32.2. The maximum Gasteiger partial charge on any atom is 0.335 e. The monoisotopic (exact) mass is 253 g/mol. The summed E-state index contributed by atoms with van der Waals surface area (Å²) in [6, 6.07) is 6.94. The second-order valence-electron chi connectivity index (χ2n) is 3.50. The van der Waals surface area contributed by atoms with Gasteiger partial charge in [-0.2, -0.15) is 0 Å². The van der Waals surface area contributed by atoms with Crippen molar-refractivity contribution in [3.63, 3.8) is 0 Å². The molecule has 0 saturated heterocycles. The second kappa shape index (κ2) is 7.06. The van der Waals surface area contributed by atoms with Gasteiger partial charge in [-0.25, -0.2) is 4.79 Å². The van der Waals surface area contributed by atoms with Crippen molar-refractivity contribution in [1.82, 2.24) is 0 Å². The molecule has 92 valence electrons. The molecule has 0 spiro atoms. The molecule has 1 aromatic rings. The van der Waals surface area contributed by atoms with Gasteiger partial charge in [0, 0.05) is 10.6 Å². The van der Waals surface area contributed by atoms with E-state index < -0.39 is 12.0 Å². The fraction of sp³-hybridized carbons (Fsp3) is 0.417. The van der Waals surface area contributed by atoms with Crippen molar-refractivity contribution in [2.24, 2.45) is 5.18 Å². The molecule has 1 rings (SSSR count). The first kappa shape index (κ1) is 13.7. The van der Waals surface area contributed by atoms with Crippen molar-refractivity contribution in [1.29, 1.82) is 0 Å². The van der Waals surface area contributed by atoms with E-state index in [0.29, 0.717) is 5.75 Å². The highest BCUT2D eigenvalue weighted by Gasteiger charge is 2.20. The van der Waals surface area contributed by atoms with Crippen molar-refractivity contribution < 1.29 is 9.53 Å². The van der Waals surface area contributed by atoms with Crippen molar-refractivity contribution in [3.8, 4) is 0 Å². The van der Waals surface area contributed by atoms with Gasteiger partial charge in [0.05, 0.1) is 6.61 Å². The summed E-state index contributed by atoms with van der Waals surface area (Å²) < 4.78 is 4.76. The van der Waals surface area contributed by atoms with Gasteiger partial charge < -0.3 is 4.74 Å². The minimum atomic E-state index is -0.929. The lowest BCUT2D eigenvalue weighted by Gasteiger charge is -2.07. The van der Waals surface area contributed by atoms with Gasteiger partial charge in [0.25, 0.3) is 0 Å². The summed E-state index contributed by atoms with van der Waals surface area (Å²) in [6.07, 6.45) is 0. The SMILES string of the molecule is CCOC(=O)C(CSc1ccc(C)cc1)N=O. The van der Waals surface area contributed by atoms with Crippen LogP contribution in [0.25, 0.3) is 0 Å². The summed E-state index contributed by atoms with van der Waals surface area (Å²) >= 11 is 1.42. The predicted octanol–water partition coefficient (Wildman–Crippen LogP) is 2.79. The van der Waals surface area contributed by atoms with Gasteiger partial charge in [0.2, 0.25) is 0 Å². The zero-order chi connectivity index (χ0) is 12.7. The average Bonchev–Trinajstić information content (AvgIpc) is 2.32. The molecule has 0 fully saturated rings. The number of thioether (sulfide) groups is 1. The van der Waals surface area contributed by atoms with Gasteiger partial charge in [0.15, 0.2) is 6.04 Å². The Bertz CT molecular complexity index is 378. The first-order chi connectivity index (χ1) is 8.17. The van der Waals surface area contributed by atoms with Gasteiger partial charge >= 0.3 is 5.97 Å². The Hall–Kier alpha value is -1.36. The predicted molar refractivity (Wildman–Crippen MR) is 68.1 cm³/mol. The topological polar surface area (TPSA) is 55.7 Å². The Morgan fingerprint density at radius 2 is 2.06 bits per heavy atom.